The molecule has 2 aromatic carbocycles. The molecule has 0 aromatic heterocycles. The average molecular weight is 442 g/mol. The van der Waals surface area contributed by atoms with Gasteiger partial charge in [0.25, 0.3) is 0 Å². The molecule has 1 aliphatic heterocycles. The molecule has 0 spiro atoms. The van der Waals surface area contributed by atoms with Gasteiger partial charge in [0.1, 0.15) is 5.75 Å². The van der Waals surface area contributed by atoms with E-state index in [0.717, 1.165) is 11.8 Å². The van der Waals surface area contributed by atoms with Crippen LogP contribution in [0.4, 0.5) is 24.5 Å². The van der Waals surface area contributed by atoms with Crippen LogP contribution < -0.4 is 14.4 Å². The Bertz CT molecular complexity index is 1040. The minimum atomic E-state index is -5.81. The van der Waals surface area contributed by atoms with Crippen LogP contribution in [0.2, 0.25) is 0 Å². The maximum absolute atomic E-state index is 12.7. The third-order valence-electron chi connectivity index (χ3n) is 5.21. The van der Waals surface area contributed by atoms with Crippen LogP contribution in [0.25, 0.3) is 0 Å². The standard InChI is InChI=1S/C20H21F3N2O4S/c1-12-13(2)25(14(3)26)18-10-9-16(29-30(27,28)20(21,22)23)11-17(18)19(12)24-15-7-5-4-6-8-15/h4-13,19,24H,1-3H3/t12-,13-,19+/m0/s1. The van der Waals surface area contributed by atoms with Gasteiger partial charge in [-0.05, 0) is 37.3 Å². The van der Waals surface area contributed by atoms with Gasteiger partial charge in [0.2, 0.25) is 5.91 Å². The predicted molar refractivity (Wildman–Crippen MR) is 107 cm³/mol. The van der Waals surface area contributed by atoms with Crippen molar-refractivity contribution in [2.24, 2.45) is 5.92 Å². The molecule has 0 saturated heterocycles. The highest BCUT2D eigenvalue weighted by Gasteiger charge is 2.49. The fourth-order valence-electron chi connectivity index (χ4n) is 3.62. The lowest BCUT2D eigenvalue weighted by Crippen LogP contribution is -2.48. The zero-order chi connectivity index (χ0) is 22.3. The zero-order valence-corrected chi connectivity index (χ0v) is 17.3. The van der Waals surface area contributed by atoms with Gasteiger partial charge in [0.05, 0.1) is 6.04 Å². The van der Waals surface area contributed by atoms with Crippen molar-refractivity contribution in [1.29, 1.82) is 0 Å². The van der Waals surface area contributed by atoms with E-state index in [2.05, 4.69) is 9.50 Å². The van der Waals surface area contributed by atoms with Crippen LogP contribution in [0.1, 0.15) is 32.4 Å². The Hall–Kier alpha value is -2.75. The van der Waals surface area contributed by atoms with Gasteiger partial charge in [-0.15, -0.1) is 0 Å². The van der Waals surface area contributed by atoms with Crippen LogP contribution in [0.5, 0.6) is 5.75 Å². The van der Waals surface area contributed by atoms with E-state index in [1.165, 1.54) is 19.1 Å². The highest BCUT2D eigenvalue weighted by atomic mass is 32.2. The minimum Gasteiger partial charge on any atom is -0.378 e. The van der Waals surface area contributed by atoms with Gasteiger partial charge in [-0.2, -0.15) is 21.6 Å². The van der Waals surface area contributed by atoms with Gasteiger partial charge in [-0.25, -0.2) is 0 Å². The number of fused-ring (bicyclic) bond motifs is 1. The number of halogens is 3. The second-order valence-electron chi connectivity index (χ2n) is 7.18. The second kappa shape index (κ2) is 7.82. The molecule has 1 aliphatic rings. The van der Waals surface area contributed by atoms with Crippen molar-refractivity contribution in [2.75, 3.05) is 10.2 Å². The summed E-state index contributed by atoms with van der Waals surface area (Å²) < 4.78 is 65.3. The fourth-order valence-corrected chi connectivity index (χ4v) is 4.07. The third kappa shape index (κ3) is 4.09. The molecule has 162 valence electrons. The zero-order valence-electron chi connectivity index (χ0n) is 16.5. The number of hydrogen-bond acceptors (Lipinski definition) is 5. The summed E-state index contributed by atoms with van der Waals surface area (Å²) in [7, 11) is -5.81. The lowest BCUT2D eigenvalue weighted by molar-refractivity contribution is -0.117. The number of anilines is 2. The van der Waals surface area contributed by atoms with Crippen LogP contribution >= 0.6 is 0 Å². The van der Waals surface area contributed by atoms with Crippen LogP contribution in [0, 0.1) is 5.92 Å². The first-order valence-electron chi connectivity index (χ1n) is 9.18. The number of carbonyl (C=O) groups excluding carboxylic acids is 1. The average Bonchev–Trinajstić information content (AvgIpc) is 2.65. The summed E-state index contributed by atoms with van der Waals surface area (Å²) in [6.45, 7) is 5.19. The van der Waals surface area contributed by atoms with Crippen molar-refractivity contribution in [3.63, 3.8) is 0 Å². The molecule has 1 N–H and O–H groups in total. The molecule has 2 aromatic rings. The maximum Gasteiger partial charge on any atom is 0.534 e. The summed E-state index contributed by atoms with van der Waals surface area (Å²) in [6, 6.07) is 12.3. The molecule has 0 aliphatic carbocycles. The largest absolute Gasteiger partial charge is 0.534 e. The predicted octanol–water partition coefficient (Wildman–Crippen LogP) is 4.46. The number of carbonyl (C=O) groups is 1. The van der Waals surface area contributed by atoms with Crippen molar-refractivity contribution in [1.82, 2.24) is 0 Å². The van der Waals surface area contributed by atoms with Gasteiger partial charge in [-0.1, -0.05) is 25.1 Å². The van der Waals surface area contributed by atoms with Crippen molar-refractivity contribution >= 4 is 27.4 Å². The molecule has 0 fully saturated rings. The monoisotopic (exact) mass is 442 g/mol. The summed E-state index contributed by atoms with van der Waals surface area (Å²) in [5, 5.41) is 3.33. The molecule has 0 saturated carbocycles. The summed E-state index contributed by atoms with van der Waals surface area (Å²) in [4.78, 5) is 13.8. The quantitative estimate of drug-likeness (QED) is 0.559. The number of alkyl halides is 3. The molecule has 0 unspecified atom stereocenters. The summed E-state index contributed by atoms with van der Waals surface area (Å²) in [6.07, 6.45) is 0. The SMILES string of the molecule is CC(=O)N1c2ccc(OS(=O)(=O)C(F)(F)F)cc2[C@H](Nc2ccccc2)[C@@H](C)[C@@H]1C. The van der Waals surface area contributed by atoms with Gasteiger partial charge < -0.3 is 14.4 Å². The Kier molecular flexibility index (Phi) is 5.72. The molecule has 1 amide bonds. The van der Waals surface area contributed by atoms with Crippen molar-refractivity contribution in [3.8, 4) is 5.75 Å². The highest BCUT2D eigenvalue weighted by molar-refractivity contribution is 7.88. The molecule has 0 bridgehead atoms. The Labute approximate surface area is 172 Å². The maximum atomic E-state index is 12.7. The summed E-state index contributed by atoms with van der Waals surface area (Å²) in [5.74, 6) is -0.849. The Morgan fingerprint density at radius 1 is 1.10 bits per heavy atom. The summed E-state index contributed by atoms with van der Waals surface area (Å²) in [5.41, 5.74) is -3.82. The number of rotatable bonds is 4. The van der Waals surface area contributed by atoms with E-state index in [4.69, 9.17) is 0 Å². The van der Waals surface area contributed by atoms with E-state index < -0.39 is 27.4 Å². The number of amides is 1. The molecule has 6 nitrogen and oxygen atoms in total. The first-order valence-corrected chi connectivity index (χ1v) is 10.6. The Morgan fingerprint density at radius 3 is 2.30 bits per heavy atom. The number of para-hydroxylation sites is 1. The lowest BCUT2D eigenvalue weighted by atomic mass is 9.82. The van der Waals surface area contributed by atoms with Gasteiger partial charge in [-0.3, -0.25) is 4.79 Å². The van der Waals surface area contributed by atoms with Crippen LogP contribution in [-0.2, 0) is 14.9 Å². The molecule has 1 heterocycles. The smallest absolute Gasteiger partial charge is 0.378 e. The number of nitrogens with zero attached hydrogens (tertiary/aromatic N) is 1. The second-order valence-corrected chi connectivity index (χ2v) is 8.72. The number of hydrogen-bond donors (Lipinski definition) is 1. The molecule has 0 radical (unpaired) electrons. The van der Waals surface area contributed by atoms with Crippen molar-refractivity contribution in [2.45, 2.75) is 38.4 Å². The Morgan fingerprint density at radius 2 is 1.73 bits per heavy atom. The van der Waals surface area contributed by atoms with E-state index in [9.17, 15) is 26.4 Å². The van der Waals surface area contributed by atoms with Gasteiger partial charge >= 0.3 is 15.6 Å². The van der Waals surface area contributed by atoms with Crippen LogP contribution in [-0.4, -0.2) is 25.9 Å². The highest BCUT2D eigenvalue weighted by Crippen LogP contribution is 2.44. The normalized spacial score (nSPS) is 21.7. The molecular formula is C20H21F3N2O4S. The van der Waals surface area contributed by atoms with Crippen LogP contribution in [0.3, 0.4) is 0 Å². The minimum absolute atomic E-state index is 0.143. The van der Waals surface area contributed by atoms with Crippen molar-refractivity contribution < 1.29 is 30.6 Å². The van der Waals surface area contributed by atoms with E-state index in [0.29, 0.717) is 11.3 Å². The fraction of sp³-hybridized carbons (Fsp3) is 0.350. The molecular weight excluding hydrogens is 421 g/mol. The first-order chi connectivity index (χ1) is 13.9. The van der Waals surface area contributed by atoms with E-state index in [1.54, 1.807) is 4.90 Å². The Balaban J connectivity index is 2.08. The summed E-state index contributed by atoms with van der Waals surface area (Å²) >= 11 is 0. The van der Waals surface area contributed by atoms with Gasteiger partial charge in [0.15, 0.2) is 0 Å². The number of nitrogens with one attached hydrogen (secondary N) is 1. The molecule has 10 heteroatoms. The first kappa shape index (κ1) is 21.9. The molecule has 3 rings (SSSR count). The molecule has 30 heavy (non-hydrogen) atoms. The molecule has 3 atom stereocenters. The topological polar surface area (TPSA) is 75.7 Å². The number of benzene rings is 2. The van der Waals surface area contributed by atoms with Crippen LogP contribution in [0.15, 0.2) is 48.5 Å². The third-order valence-corrected chi connectivity index (χ3v) is 6.19. The van der Waals surface area contributed by atoms with Gasteiger partial charge in [0, 0.05) is 35.8 Å². The van der Waals surface area contributed by atoms with Crippen molar-refractivity contribution in [3.05, 3.63) is 54.1 Å². The van der Waals surface area contributed by atoms with E-state index in [1.807, 2.05) is 44.2 Å². The lowest BCUT2D eigenvalue weighted by Gasteiger charge is -2.44. The van der Waals surface area contributed by atoms with E-state index >= 15 is 0 Å². The van der Waals surface area contributed by atoms with E-state index in [-0.39, 0.29) is 17.9 Å².